The summed E-state index contributed by atoms with van der Waals surface area (Å²) in [5.74, 6) is -0.532. The number of nitrogens with zero attached hydrogens (tertiary/aromatic N) is 2. The summed E-state index contributed by atoms with van der Waals surface area (Å²) >= 11 is 0. The lowest BCUT2D eigenvalue weighted by molar-refractivity contribution is 0.208. The zero-order valence-corrected chi connectivity index (χ0v) is 12.9. The first-order valence-corrected chi connectivity index (χ1v) is 7.61. The average Bonchev–Trinajstić information content (AvgIpc) is 2.54. The minimum Gasteiger partial charge on any atom is -0.508 e. The van der Waals surface area contributed by atoms with E-state index in [1.165, 1.54) is 24.3 Å². The van der Waals surface area contributed by atoms with E-state index in [9.17, 15) is 19.4 Å². The second kappa shape index (κ2) is 6.66. The number of anilines is 2. The molecule has 2 amide bonds. The smallest absolute Gasteiger partial charge is 0.321 e. The summed E-state index contributed by atoms with van der Waals surface area (Å²) in [7, 11) is 0. The van der Waals surface area contributed by atoms with E-state index in [1.54, 1.807) is 23.1 Å². The van der Waals surface area contributed by atoms with Gasteiger partial charge in [0, 0.05) is 50.1 Å². The molecule has 0 bridgehead atoms. The number of hydrogen-bond acceptors (Lipinski definition) is 4. The van der Waals surface area contributed by atoms with Crippen molar-refractivity contribution >= 4 is 17.4 Å². The molecule has 2 aromatic rings. The SMILES string of the molecule is O=C(Nc1cc(O)cc(O)c1)N1CCN(c2ccccc2F)CC1. The fraction of sp³-hybridized carbons (Fsp3) is 0.235. The van der Waals surface area contributed by atoms with Crippen LogP contribution < -0.4 is 10.2 Å². The van der Waals surface area contributed by atoms with Crippen molar-refractivity contribution in [2.45, 2.75) is 0 Å². The molecule has 6 nitrogen and oxygen atoms in total. The zero-order valence-electron chi connectivity index (χ0n) is 12.9. The quantitative estimate of drug-likeness (QED) is 0.791. The number of amides is 2. The topological polar surface area (TPSA) is 76.0 Å². The number of carbonyl (C=O) groups excluding carboxylic acids is 1. The van der Waals surface area contributed by atoms with E-state index in [0.29, 0.717) is 37.6 Å². The Morgan fingerprint density at radius 3 is 2.25 bits per heavy atom. The van der Waals surface area contributed by atoms with Crippen molar-refractivity contribution in [2.24, 2.45) is 0 Å². The van der Waals surface area contributed by atoms with E-state index >= 15 is 0 Å². The monoisotopic (exact) mass is 331 g/mol. The summed E-state index contributed by atoms with van der Waals surface area (Å²) in [5.41, 5.74) is 0.851. The van der Waals surface area contributed by atoms with Gasteiger partial charge >= 0.3 is 6.03 Å². The van der Waals surface area contributed by atoms with Crippen LogP contribution in [0.15, 0.2) is 42.5 Å². The molecule has 0 aromatic heterocycles. The number of benzene rings is 2. The van der Waals surface area contributed by atoms with Crippen LogP contribution in [0, 0.1) is 5.82 Å². The number of urea groups is 1. The minimum atomic E-state index is -0.326. The Morgan fingerprint density at radius 1 is 1.00 bits per heavy atom. The van der Waals surface area contributed by atoms with Gasteiger partial charge in [0.15, 0.2) is 0 Å². The number of halogens is 1. The standard InChI is InChI=1S/C17H18FN3O3/c18-15-3-1-2-4-16(15)20-5-7-21(8-6-20)17(24)19-12-9-13(22)11-14(23)10-12/h1-4,9-11,22-23H,5-8H2,(H,19,24). The second-order valence-corrected chi connectivity index (χ2v) is 5.59. The number of phenols is 2. The van der Waals surface area contributed by atoms with Crippen molar-refractivity contribution < 1.29 is 19.4 Å². The van der Waals surface area contributed by atoms with Crippen molar-refractivity contribution in [3.05, 3.63) is 48.3 Å². The van der Waals surface area contributed by atoms with Crippen LogP contribution in [0.4, 0.5) is 20.6 Å². The third-order valence-electron chi connectivity index (χ3n) is 3.91. The van der Waals surface area contributed by atoms with E-state index in [0.717, 1.165) is 0 Å². The first-order chi connectivity index (χ1) is 11.5. The molecule has 0 atom stereocenters. The van der Waals surface area contributed by atoms with Gasteiger partial charge in [-0.2, -0.15) is 0 Å². The molecule has 0 aliphatic carbocycles. The Labute approximate surface area is 138 Å². The summed E-state index contributed by atoms with van der Waals surface area (Å²) in [5, 5.41) is 21.5. The maximum absolute atomic E-state index is 13.8. The highest BCUT2D eigenvalue weighted by molar-refractivity contribution is 5.90. The fourth-order valence-corrected chi connectivity index (χ4v) is 2.73. The van der Waals surface area contributed by atoms with Gasteiger partial charge in [0.05, 0.1) is 5.69 Å². The number of carbonyl (C=O) groups is 1. The van der Waals surface area contributed by atoms with E-state index in [2.05, 4.69) is 5.32 Å². The van der Waals surface area contributed by atoms with Crippen LogP contribution in [0.25, 0.3) is 0 Å². The molecule has 0 radical (unpaired) electrons. The molecule has 1 heterocycles. The Kier molecular flexibility index (Phi) is 4.41. The predicted molar refractivity (Wildman–Crippen MR) is 89.0 cm³/mol. The van der Waals surface area contributed by atoms with Crippen LogP contribution >= 0.6 is 0 Å². The lowest BCUT2D eigenvalue weighted by atomic mass is 10.2. The van der Waals surface area contributed by atoms with Gasteiger partial charge in [0.1, 0.15) is 17.3 Å². The van der Waals surface area contributed by atoms with Crippen LogP contribution in [0.2, 0.25) is 0 Å². The Bertz CT molecular complexity index is 725. The van der Waals surface area contributed by atoms with Gasteiger partial charge in [0.25, 0.3) is 0 Å². The fourth-order valence-electron chi connectivity index (χ4n) is 2.73. The Hall–Kier alpha value is -2.96. The molecule has 7 heteroatoms. The molecule has 1 fully saturated rings. The molecule has 126 valence electrons. The molecule has 2 aromatic carbocycles. The first-order valence-electron chi connectivity index (χ1n) is 7.61. The summed E-state index contributed by atoms with van der Waals surface area (Å²) in [6, 6.07) is 10.1. The van der Waals surface area contributed by atoms with Gasteiger partial charge in [-0.25, -0.2) is 9.18 Å². The molecule has 0 unspecified atom stereocenters. The molecule has 0 spiro atoms. The van der Waals surface area contributed by atoms with Gasteiger partial charge in [-0.05, 0) is 12.1 Å². The molecular weight excluding hydrogens is 313 g/mol. The highest BCUT2D eigenvalue weighted by Gasteiger charge is 2.22. The summed E-state index contributed by atoms with van der Waals surface area (Å²) in [6.45, 7) is 1.95. The van der Waals surface area contributed by atoms with E-state index < -0.39 is 0 Å². The van der Waals surface area contributed by atoms with Crippen molar-refractivity contribution in [3.8, 4) is 11.5 Å². The molecule has 1 aliphatic rings. The van der Waals surface area contributed by atoms with Crippen LogP contribution in [0.1, 0.15) is 0 Å². The van der Waals surface area contributed by atoms with E-state index in [-0.39, 0.29) is 23.3 Å². The Morgan fingerprint density at radius 2 is 1.62 bits per heavy atom. The maximum Gasteiger partial charge on any atom is 0.321 e. The van der Waals surface area contributed by atoms with Gasteiger partial charge < -0.3 is 25.3 Å². The third-order valence-corrected chi connectivity index (χ3v) is 3.91. The normalized spacial score (nSPS) is 14.5. The number of piperazine rings is 1. The van der Waals surface area contributed by atoms with E-state index in [1.807, 2.05) is 4.90 Å². The number of rotatable bonds is 2. The lowest BCUT2D eigenvalue weighted by Gasteiger charge is -2.36. The second-order valence-electron chi connectivity index (χ2n) is 5.59. The molecular formula is C17H18FN3O3. The van der Waals surface area contributed by atoms with Crippen LogP contribution in [-0.4, -0.2) is 47.3 Å². The highest BCUT2D eigenvalue weighted by atomic mass is 19.1. The summed E-state index contributed by atoms with van der Waals surface area (Å²) in [4.78, 5) is 15.8. The van der Waals surface area contributed by atoms with Crippen LogP contribution in [-0.2, 0) is 0 Å². The Balaban J connectivity index is 1.60. The number of hydrogen-bond donors (Lipinski definition) is 3. The molecule has 3 rings (SSSR count). The molecule has 3 N–H and O–H groups in total. The largest absolute Gasteiger partial charge is 0.508 e. The molecule has 24 heavy (non-hydrogen) atoms. The molecule has 0 saturated carbocycles. The predicted octanol–water partition coefficient (Wildman–Crippen LogP) is 2.59. The number of aromatic hydroxyl groups is 2. The van der Waals surface area contributed by atoms with Gasteiger partial charge in [0.2, 0.25) is 0 Å². The van der Waals surface area contributed by atoms with E-state index in [4.69, 9.17) is 0 Å². The summed E-state index contributed by atoms with van der Waals surface area (Å²) in [6.07, 6.45) is 0. The summed E-state index contributed by atoms with van der Waals surface area (Å²) < 4.78 is 13.8. The lowest BCUT2D eigenvalue weighted by Crippen LogP contribution is -2.50. The minimum absolute atomic E-state index is 0.130. The third kappa shape index (κ3) is 3.51. The van der Waals surface area contributed by atoms with Gasteiger partial charge in [-0.3, -0.25) is 0 Å². The van der Waals surface area contributed by atoms with Crippen molar-refractivity contribution in [3.63, 3.8) is 0 Å². The number of phenolic OH excluding ortho intramolecular Hbond substituents is 2. The number of para-hydroxylation sites is 1. The van der Waals surface area contributed by atoms with Gasteiger partial charge in [-0.15, -0.1) is 0 Å². The highest BCUT2D eigenvalue weighted by Crippen LogP contribution is 2.24. The molecule has 1 saturated heterocycles. The number of nitrogens with one attached hydrogen (secondary N) is 1. The van der Waals surface area contributed by atoms with Crippen molar-refractivity contribution in [1.82, 2.24) is 4.90 Å². The zero-order chi connectivity index (χ0) is 17.1. The van der Waals surface area contributed by atoms with Crippen LogP contribution in [0.5, 0.6) is 11.5 Å². The first kappa shape index (κ1) is 15.9. The van der Waals surface area contributed by atoms with Gasteiger partial charge in [-0.1, -0.05) is 12.1 Å². The van der Waals surface area contributed by atoms with Crippen LogP contribution in [0.3, 0.4) is 0 Å². The van der Waals surface area contributed by atoms with Crippen molar-refractivity contribution in [2.75, 3.05) is 36.4 Å². The maximum atomic E-state index is 13.8. The van der Waals surface area contributed by atoms with Crippen molar-refractivity contribution in [1.29, 1.82) is 0 Å². The molecule has 1 aliphatic heterocycles. The average molecular weight is 331 g/mol.